The summed E-state index contributed by atoms with van der Waals surface area (Å²) in [7, 11) is 0. The molecule has 1 fully saturated rings. The van der Waals surface area contributed by atoms with E-state index in [1.54, 1.807) is 0 Å². The summed E-state index contributed by atoms with van der Waals surface area (Å²) in [5.74, 6) is 3.36. The molecule has 1 atom stereocenters. The Balaban J connectivity index is 1.91. The Morgan fingerprint density at radius 3 is 2.80 bits per heavy atom. The molecule has 0 amide bonds. The summed E-state index contributed by atoms with van der Waals surface area (Å²) in [5, 5.41) is 0. The fourth-order valence-corrected chi connectivity index (χ4v) is 1.79. The van der Waals surface area contributed by atoms with E-state index >= 15 is 0 Å². The first-order valence-electron chi connectivity index (χ1n) is 4.16. The van der Waals surface area contributed by atoms with Crippen molar-refractivity contribution in [1.82, 2.24) is 0 Å². The van der Waals surface area contributed by atoms with Crippen molar-refractivity contribution in [3.05, 3.63) is 0 Å². The monoisotopic (exact) mass is 159 g/mol. The second-order valence-corrected chi connectivity index (χ2v) is 4.42. The van der Waals surface area contributed by atoms with E-state index in [0.717, 1.165) is 11.7 Å². The van der Waals surface area contributed by atoms with Crippen LogP contribution in [0.3, 0.4) is 0 Å². The summed E-state index contributed by atoms with van der Waals surface area (Å²) in [6.07, 6.45) is 4.14. The average Bonchev–Trinajstić information content (AvgIpc) is 2.67. The van der Waals surface area contributed by atoms with E-state index in [0.29, 0.717) is 6.04 Å². The Hall–Kier alpha value is 0.310. The van der Waals surface area contributed by atoms with Gasteiger partial charge in [0.2, 0.25) is 0 Å². The van der Waals surface area contributed by atoms with Crippen molar-refractivity contribution < 1.29 is 0 Å². The van der Waals surface area contributed by atoms with Gasteiger partial charge < -0.3 is 5.73 Å². The first-order chi connectivity index (χ1) is 4.83. The zero-order chi connectivity index (χ0) is 7.40. The molecule has 0 radical (unpaired) electrons. The van der Waals surface area contributed by atoms with Crippen LogP contribution in [-0.4, -0.2) is 17.5 Å². The van der Waals surface area contributed by atoms with Gasteiger partial charge >= 0.3 is 0 Å². The molecule has 0 aromatic rings. The Bertz CT molecular complexity index is 91.3. The summed E-state index contributed by atoms with van der Waals surface area (Å²) >= 11 is 1.96. The van der Waals surface area contributed by atoms with Crippen LogP contribution >= 0.6 is 11.8 Å². The van der Waals surface area contributed by atoms with Crippen LogP contribution in [0.1, 0.15) is 26.2 Å². The molecule has 1 aliphatic carbocycles. The second kappa shape index (κ2) is 4.24. The Morgan fingerprint density at radius 2 is 2.30 bits per heavy atom. The highest BCUT2D eigenvalue weighted by Gasteiger charge is 2.23. The van der Waals surface area contributed by atoms with Gasteiger partial charge in [0, 0.05) is 11.8 Å². The zero-order valence-electron chi connectivity index (χ0n) is 6.68. The summed E-state index contributed by atoms with van der Waals surface area (Å²) in [5.41, 5.74) is 5.88. The molecular weight excluding hydrogens is 142 g/mol. The SMILES string of the molecule is CCSCC(N)CC1CC1. The molecule has 0 heterocycles. The van der Waals surface area contributed by atoms with Gasteiger partial charge in [-0.15, -0.1) is 0 Å². The number of hydrogen-bond donors (Lipinski definition) is 1. The van der Waals surface area contributed by atoms with Gasteiger partial charge in [0.15, 0.2) is 0 Å². The Kier molecular flexibility index (Phi) is 3.57. The van der Waals surface area contributed by atoms with E-state index in [1.807, 2.05) is 11.8 Å². The van der Waals surface area contributed by atoms with E-state index < -0.39 is 0 Å². The summed E-state index contributed by atoms with van der Waals surface area (Å²) in [6.45, 7) is 2.19. The van der Waals surface area contributed by atoms with Crippen molar-refractivity contribution in [2.45, 2.75) is 32.2 Å². The van der Waals surface area contributed by atoms with Crippen LogP contribution in [-0.2, 0) is 0 Å². The fraction of sp³-hybridized carbons (Fsp3) is 1.00. The molecule has 1 aliphatic rings. The van der Waals surface area contributed by atoms with Crippen molar-refractivity contribution in [2.24, 2.45) is 11.7 Å². The van der Waals surface area contributed by atoms with Gasteiger partial charge in [-0.25, -0.2) is 0 Å². The minimum absolute atomic E-state index is 0.470. The lowest BCUT2D eigenvalue weighted by Gasteiger charge is -2.08. The summed E-state index contributed by atoms with van der Waals surface area (Å²) in [4.78, 5) is 0. The van der Waals surface area contributed by atoms with Crippen molar-refractivity contribution in [3.63, 3.8) is 0 Å². The molecule has 60 valence electrons. The average molecular weight is 159 g/mol. The molecule has 0 aromatic carbocycles. The molecule has 2 heteroatoms. The molecule has 0 saturated heterocycles. The van der Waals surface area contributed by atoms with E-state index in [4.69, 9.17) is 5.73 Å². The molecule has 2 N–H and O–H groups in total. The maximum atomic E-state index is 5.88. The molecule has 10 heavy (non-hydrogen) atoms. The van der Waals surface area contributed by atoms with Crippen LogP contribution in [0.15, 0.2) is 0 Å². The minimum Gasteiger partial charge on any atom is -0.327 e. The van der Waals surface area contributed by atoms with E-state index in [2.05, 4.69) is 6.92 Å². The molecule has 0 aliphatic heterocycles. The topological polar surface area (TPSA) is 26.0 Å². The highest BCUT2D eigenvalue weighted by Crippen LogP contribution is 2.33. The van der Waals surface area contributed by atoms with E-state index in [1.165, 1.54) is 25.0 Å². The smallest absolute Gasteiger partial charge is 0.0133 e. The largest absolute Gasteiger partial charge is 0.327 e. The lowest BCUT2D eigenvalue weighted by molar-refractivity contribution is 0.617. The molecule has 1 nitrogen and oxygen atoms in total. The number of rotatable bonds is 5. The predicted molar refractivity (Wildman–Crippen MR) is 48.3 cm³/mol. The third-order valence-electron chi connectivity index (χ3n) is 1.87. The molecular formula is C8H17NS. The molecule has 0 aromatic heterocycles. The van der Waals surface area contributed by atoms with Gasteiger partial charge in [0.05, 0.1) is 0 Å². The van der Waals surface area contributed by atoms with Gasteiger partial charge in [0.1, 0.15) is 0 Å². The van der Waals surface area contributed by atoms with Crippen LogP contribution in [0.25, 0.3) is 0 Å². The van der Waals surface area contributed by atoms with Crippen LogP contribution in [0.2, 0.25) is 0 Å². The van der Waals surface area contributed by atoms with Gasteiger partial charge in [-0.1, -0.05) is 19.8 Å². The van der Waals surface area contributed by atoms with Gasteiger partial charge in [0.25, 0.3) is 0 Å². The van der Waals surface area contributed by atoms with Gasteiger partial charge in [-0.3, -0.25) is 0 Å². The Morgan fingerprint density at radius 1 is 1.60 bits per heavy atom. The highest BCUT2D eigenvalue weighted by molar-refractivity contribution is 7.99. The zero-order valence-corrected chi connectivity index (χ0v) is 7.49. The molecule has 0 spiro atoms. The predicted octanol–water partition coefficient (Wildman–Crippen LogP) is 1.87. The number of nitrogens with two attached hydrogens (primary N) is 1. The number of hydrogen-bond acceptors (Lipinski definition) is 2. The van der Waals surface area contributed by atoms with Crippen molar-refractivity contribution in [3.8, 4) is 0 Å². The second-order valence-electron chi connectivity index (χ2n) is 3.10. The van der Waals surface area contributed by atoms with Crippen molar-refractivity contribution in [1.29, 1.82) is 0 Å². The molecule has 0 bridgehead atoms. The Labute approximate surface area is 67.8 Å². The quantitative estimate of drug-likeness (QED) is 0.662. The highest BCUT2D eigenvalue weighted by atomic mass is 32.2. The van der Waals surface area contributed by atoms with Crippen LogP contribution in [0.4, 0.5) is 0 Å². The maximum absolute atomic E-state index is 5.88. The summed E-state index contributed by atoms with van der Waals surface area (Å²) < 4.78 is 0. The molecule has 1 saturated carbocycles. The maximum Gasteiger partial charge on any atom is 0.0133 e. The molecule has 1 rings (SSSR count). The first-order valence-corrected chi connectivity index (χ1v) is 5.31. The van der Waals surface area contributed by atoms with Crippen LogP contribution in [0.5, 0.6) is 0 Å². The van der Waals surface area contributed by atoms with Gasteiger partial charge in [-0.2, -0.15) is 11.8 Å². The third kappa shape index (κ3) is 3.47. The van der Waals surface area contributed by atoms with Crippen LogP contribution < -0.4 is 5.73 Å². The third-order valence-corrected chi connectivity index (χ3v) is 2.94. The van der Waals surface area contributed by atoms with Gasteiger partial charge in [-0.05, 0) is 18.1 Å². The summed E-state index contributed by atoms with van der Waals surface area (Å²) in [6, 6.07) is 0.470. The standard InChI is InChI=1S/C8H17NS/c1-2-10-6-8(9)5-7-3-4-7/h7-8H,2-6,9H2,1H3. The fourth-order valence-electron chi connectivity index (χ4n) is 1.12. The van der Waals surface area contributed by atoms with E-state index in [-0.39, 0.29) is 0 Å². The minimum atomic E-state index is 0.470. The van der Waals surface area contributed by atoms with Crippen molar-refractivity contribution >= 4 is 11.8 Å². The van der Waals surface area contributed by atoms with Crippen LogP contribution in [0, 0.1) is 5.92 Å². The van der Waals surface area contributed by atoms with E-state index in [9.17, 15) is 0 Å². The normalized spacial score (nSPS) is 21.0. The lowest BCUT2D eigenvalue weighted by atomic mass is 10.2. The van der Waals surface area contributed by atoms with Crippen molar-refractivity contribution in [2.75, 3.05) is 11.5 Å². The molecule has 1 unspecified atom stereocenters. The number of thioether (sulfide) groups is 1. The lowest BCUT2D eigenvalue weighted by Crippen LogP contribution is -2.23. The first kappa shape index (κ1) is 8.41.